The van der Waals surface area contributed by atoms with Gasteiger partial charge in [-0.3, -0.25) is 4.99 Å². The number of ether oxygens (including phenoxy) is 2. The largest absolute Gasteiger partial charge is 0.497 e. The second-order valence-electron chi connectivity index (χ2n) is 4.97. The quantitative estimate of drug-likeness (QED) is 0.317. The molecule has 0 spiro atoms. The molecule has 0 amide bonds. The molecule has 1 aliphatic carbocycles. The highest BCUT2D eigenvalue weighted by Gasteiger charge is 2.16. The summed E-state index contributed by atoms with van der Waals surface area (Å²) in [7, 11) is 1.64. The van der Waals surface area contributed by atoms with Gasteiger partial charge >= 0.3 is 0 Å². The number of nitrogens with zero attached hydrogens (tertiary/aromatic N) is 1. The molecule has 0 heterocycles. The van der Waals surface area contributed by atoms with Crippen LogP contribution in [-0.2, 0) is 0 Å². The first kappa shape index (κ1) is 17.9. The number of aliphatic imine (C=N–C) groups is 1. The van der Waals surface area contributed by atoms with Crippen molar-refractivity contribution >= 4 is 29.9 Å². The molecule has 0 saturated heterocycles. The maximum atomic E-state index is 5.78. The van der Waals surface area contributed by atoms with E-state index < -0.39 is 0 Å². The van der Waals surface area contributed by atoms with Gasteiger partial charge in [0, 0.05) is 6.54 Å². The zero-order chi connectivity index (χ0) is 14.2. The summed E-state index contributed by atoms with van der Waals surface area (Å²) >= 11 is 0. The number of guanidine groups is 1. The first-order valence-corrected chi connectivity index (χ1v) is 7.08. The van der Waals surface area contributed by atoms with Crippen LogP contribution in [0.25, 0.3) is 0 Å². The lowest BCUT2D eigenvalue weighted by Gasteiger charge is -2.23. The standard InChI is InChI=1S/C15H23N3O2.HI/c1-19-13-5-7-14(8-6-13)20-10-9-17-15(16)18-11-12-3-2-4-12;/h5-8,12H,2-4,9-11H2,1H3,(H3,16,17,18);1H. The Bertz CT molecular complexity index is 433. The van der Waals surface area contributed by atoms with Crippen molar-refractivity contribution < 1.29 is 9.47 Å². The Labute approximate surface area is 143 Å². The van der Waals surface area contributed by atoms with Crippen LogP contribution in [0.4, 0.5) is 0 Å². The maximum Gasteiger partial charge on any atom is 0.188 e. The number of nitrogens with one attached hydrogen (secondary N) is 1. The molecule has 6 heteroatoms. The summed E-state index contributed by atoms with van der Waals surface area (Å²) in [5.41, 5.74) is 5.78. The van der Waals surface area contributed by atoms with E-state index in [9.17, 15) is 0 Å². The van der Waals surface area contributed by atoms with Gasteiger partial charge in [-0.15, -0.1) is 24.0 Å². The van der Waals surface area contributed by atoms with Crippen molar-refractivity contribution in [3.8, 4) is 11.5 Å². The predicted octanol–water partition coefficient (Wildman–Crippen LogP) is 2.40. The van der Waals surface area contributed by atoms with Gasteiger partial charge in [0.15, 0.2) is 5.96 Å². The summed E-state index contributed by atoms with van der Waals surface area (Å²) < 4.78 is 10.7. The average Bonchev–Trinajstić information content (AvgIpc) is 2.42. The van der Waals surface area contributed by atoms with E-state index >= 15 is 0 Å². The van der Waals surface area contributed by atoms with Crippen LogP contribution in [0.2, 0.25) is 0 Å². The smallest absolute Gasteiger partial charge is 0.188 e. The molecule has 0 radical (unpaired) electrons. The zero-order valence-corrected chi connectivity index (χ0v) is 14.7. The van der Waals surface area contributed by atoms with Crippen molar-refractivity contribution in [3.63, 3.8) is 0 Å². The van der Waals surface area contributed by atoms with Crippen molar-refractivity contribution in [2.75, 3.05) is 26.8 Å². The van der Waals surface area contributed by atoms with Gasteiger partial charge < -0.3 is 20.5 Å². The molecule has 5 nitrogen and oxygen atoms in total. The molecule has 2 rings (SSSR count). The van der Waals surface area contributed by atoms with E-state index in [4.69, 9.17) is 15.2 Å². The number of hydrogen-bond donors (Lipinski definition) is 2. The van der Waals surface area contributed by atoms with Crippen LogP contribution in [0, 0.1) is 5.92 Å². The van der Waals surface area contributed by atoms with E-state index in [-0.39, 0.29) is 24.0 Å². The first-order valence-electron chi connectivity index (χ1n) is 7.08. The van der Waals surface area contributed by atoms with Crippen molar-refractivity contribution in [2.45, 2.75) is 19.3 Å². The summed E-state index contributed by atoms with van der Waals surface area (Å²) in [5, 5.41) is 3.06. The van der Waals surface area contributed by atoms with E-state index in [1.165, 1.54) is 19.3 Å². The van der Waals surface area contributed by atoms with Gasteiger partial charge in [-0.05, 0) is 43.0 Å². The topological polar surface area (TPSA) is 68.9 Å². The Morgan fingerprint density at radius 2 is 1.95 bits per heavy atom. The van der Waals surface area contributed by atoms with Gasteiger partial charge in [0.05, 0.1) is 13.7 Å². The number of rotatable bonds is 7. The van der Waals surface area contributed by atoms with E-state index in [1.54, 1.807) is 7.11 Å². The fraction of sp³-hybridized carbons (Fsp3) is 0.533. The molecule has 1 fully saturated rings. The zero-order valence-electron chi connectivity index (χ0n) is 12.4. The molecule has 1 aromatic carbocycles. The van der Waals surface area contributed by atoms with Crippen LogP contribution in [0.1, 0.15) is 19.3 Å². The molecule has 1 aromatic rings. The minimum Gasteiger partial charge on any atom is -0.497 e. The molecule has 0 bridgehead atoms. The number of benzene rings is 1. The lowest BCUT2D eigenvalue weighted by atomic mass is 9.86. The molecule has 1 aliphatic rings. The number of nitrogens with two attached hydrogens (primary N) is 1. The minimum atomic E-state index is 0. The van der Waals surface area contributed by atoms with Gasteiger partial charge in [0.2, 0.25) is 0 Å². The third kappa shape index (κ3) is 6.41. The monoisotopic (exact) mass is 405 g/mol. The molecule has 0 atom stereocenters. The molecule has 21 heavy (non-hydrogen) atoms. The Kier molecular flexibility index (Phi) is 8.26. The maximum absolute atomic E-state index is 5.78. The van der Waals surface area contributed by atoms with Gasteiger partial charge in [-0.1, -0.05) is 6.42 Å². The third-order valence-electron chi connectivity index (χ3n) is 3.48. The van der Waals surface area contributed by atoms with E-state index in [0.29, 0.717) is 19.1 Å². The number of halogens is 1. The average molecular weight is 405 g/mol. The highest BCUT2D eigenvalue weighted by atomic mass is 127. The van der Waals surface area contributed by atoms with Crippen molar-refractivity contribution in [1.82, 2.24) is 5.32 Å². The SMILES string of the molecule is COc1ccc(OCCNC(N)=NCC2CCC2)cc1.I. The van der Waals surface area contributed by atoms with Crippen LogP contribution < -0.4 is 20.5 Å². The lowest BCUT2D eigenvalue weighted by Crippen LogP contribution is -2.35. The van der Waals surface area contributed by atoms with E-state index in [1.807, 2.05) is 24.3 Å². The number of hydrogen-bond acceptors (Lipinski definition) is 3. The molecule has 3 N–H and O–H groups in total. The highest BCUT2D eigenvalue weighted by molar-refractivity contribution is 14.0. The fourth-order valence-corrected chi connectivity index (χ4v) is 1.98. The predicted molar refractivity (Wildman–Crippen MR) is 95.7 cm³/mol. The van der Waals surface area contributed by atoms with Crippen LogP contribution in [0.3, 0.4) is 0 Å². The van der Waals surface area contributed by atoms with E-state index in [2.05, 4.69) is 10.3 Å². The Morgan fingerprint density at radius 3 is 2.52 bits per heavy atom. The second kappa shape index (κ2) is 9.70. The molecule has 118 valence electrons. The van der Waals surface area contributed by atoms with E-state index in [0.717, 1.165) is 24.0 Å². The van der Waals surface area contributed by atoms with Crippen LogP contribution >= 0.6 is 24.0 Å². The van der Waals surface area contributed by atoms with Crippen molar-refractivity contribution in [2.24, 2.45) is 16.6 Å². The molecule has 0 unspecified atom stereocenters. The highest BCUT2D eigenvalue weighted by Crippen LogP contribution is 2.26. The Balaban J connectivity index is 0.00000220. The lowest BCUT2D eigenvalue weighted by molar-refractivity contribution is 0.319. The van der Waals surface area contributed by atoms with Crippen molar-refractivity contribution in [3.05, 3.63) is 24.3 Å². The summed E-state index contributed by atoms with van der Waals surface area (Å²) in [6.07, 6.45) is 3.91. The molecule has 1 saturated carbocycles. The van der Waals surface area contributed by atoms with Gasteiger partial charge in [0.1, 0.15) is 18.1 Å². The number of methoxy groups -OCH3 is 1. The van der Waals surface area contributed by atoms with Gasteiger partial charge in [0.25, 0.3) is 0 Å². The Hall–Kier alpha value is -1.18. The third-order valence-corrected chi connectivity index (χ3v) is 3.48. The molecule has 0 aliphatic heterocycles. The summed E-state index contributed by atoms with van der Waals surface area (Å²) in [6.45, 7) is 2.04. The Morgan fingerprint density at radius 1 is 1.29 bits per heavy atom. The normalized spacial score (nSPS) is 14.8. The summed E-state index contributed by atoms with van der Waals surface area (Å²) in [6, 6.07) is 7.51. The first-order chi connectivity index (χ1) is 9.78. The van der Waals surface area contributed by atoms with Crippen LogP contribution in [-0.4, -0.2) is 32.8 Å². The van der Waals surface area contributed by atoms with Crippen molar-refractivity contribution in [1.29, 1.82) is 0 Å². The van der Waals surface area contributed by atoms with Gasteiger partial charge in [-0.2, -0.15) is 0 Å². The molecular formula is C15H24IN3O2. The summed E-state index contributed by atoms with van der Waals surface area (Å²) in [5.74, 6) is 2.89. The van der Waals surface area contributed by atoms with Crippen LogP contribution in [0.5, 0.6) is 11.5 Å². The molecular weight excluding hydrogens is 381 g/mol. The van der Waals surface area contributed by atoms with Gasteiger partial charge in [-0.25, -0.2) is 0 Å². The summed E-state index contributed by atoms with van der Waals surface area (Å²) in [4.78, 5) is 4.32. The molecule has 0 aromatic heterocycles. The minimum absolute atomic E-state index is 0. The fourth-order valence-electron chi connectivity index (χ4n) is 1.98. The second-order valence-corrected chi connectivity index (χ2v) is 4.97. The van der Waals surface area contributed by atoms with Crippen LogP contribution in [0.15, 0.2) is 29.3 Å².